The fourth-order valence-electron chi connectivity index (χ4n) is 5.84. The summed E-state index contributed by atoms with van der Waals surface area (Å²) in [5.74, 6) is 1.03. The van der Waals surface area contributed by atoms with Crippen LogP contribution in [0.5, 0.6) is 0 Å². The summed E-state index contributed by atoms with van der Waals surface area (Å²) in [6.07, 6.45) is 10.3. The van der Waals surface area contributed by atoms with Crippen molar-refractivity contribution in [2.24, 2.45) is 22.7 Å². The summed E-state index contributed by atoms with van der Waals surface area (Å²) in [7, 11) is 0. The Hall–Kier alpha value is -0.630. The molecule has 1 unspecified atom stereocenters. The predicted octanol–water partition coefficient (Wildman–Crippen LogP) is 4.91. The van der Waals surface area contributed by atoms with Crippen molar-refractivity contribution in [2.45, 2.75) is 85.2 Å². The molecular formula is C20H34O2. The van der Waals surface area contributed by atoms with Gasteiger partial charge in [0.15, 0.2) is 0 Å². The molecule has 4 atom stereocenters. The first kappa shape index (κ1) is 17.7. The number of aldehydes is 1. The van der Waals surface area contributed by atoms with Crippen molar-refractivity contribution >= 4 is 6.29 Å². The normalized spacial score (nSPS) is 41.8. The molecular weight excluding hydrogens is 272 g/mol. The third-order valence-electron chi connectivity index (χ3n) is 6.94. The first-order valence-electron chi connectivity index (χ1n) is 8.97. The minimum atomic E-state index is -0.569. The van der Waals surface area contributed by atoms with Gasteiger partial charge in [-0.25, -0.2) is 0 Å². The molecule has 0 saturated heterocycles. The molecule has 0 spiro atoms. The summed E-state index contributed by atoms with van der Waals surface area (Å²) < 4.78 is 0. The van der Waals surface area contributed by atoms with Gasteiger partial charge >= 0.3 is 0 Å². The lowest BCUT2D eigenvalue weighted by atomic mass is 9.45. The van der Waals surface area contributed by atoms with Gasteiger partial charge in [0.25, 0.3) is 0 Å². The molecule has 22 heavy (non-hydrogen) atoms. The molecule has 0 radical (unpaired) electrons. The van der Waals surface area contributed by atoms with E-state index in [1.54, 1.807) is 6.08 Å². The van der Waals surface area contributed by atoms with Crippen molar-refractivity contribution in [3.8, 4) is 0 Å². The van der Waals surface area contributed by atoms with Crippen molar-refractivity contribution in [2.75, 3.05) is 0 Å². The van der Waals surface area contributed by atoms with E-state index in [2.05, 4.69) is 20.8 Å². The minimum absolute atomic E-state index is 0.227. The van der Waals surface area contributed by atoms with Crippen LogP contribution in [0.15, 0.2) is 11.6 Å². The van der Waals surface area contributed by atoms with Crippen LogP contribution >= 0.6 is 0 Å². The number of hydrogen-bond acceptors (Lipinski definition) is 2. The summed E-state index contributed by atoms with van der Waals surface area (Å²) in [5.41, 5.74) is 1.17. The van der Waals surface area contributed by atoms with E-state index >= 15 is 0 Å². The van der Waals surface area contributed by atoms with Gasteiger partial charge in [0.05, 0.1) is 5.60 Å². The molecule has 2 heteroatoms. The zero-order valence-electron chi connectivity index (χ0n) is 15.1. The van der Waals surface area contributed by atoms with Crippen LogP contribution in [0.4, 0.5) is 0 Å². The second kappa shape index (κ2) is 6.11. The highest BCUT2D eigenvalue weighted by Gasteiger charge is 2.57. The van der Waals surface area contributed by atoms with E-state index in [0.29, 0.717) is 17.3 Å². The number of rotatable bonds is 4. The number of fused-ring (bicyclic) bond motifs is 1. The van der Waals surface area contributed by atoms with E-state index in [0.717, 1.165) is 37.5 Å². The standard InChI is InChI=1S/C20H34O2/c1-15(10-14-21)7-8-17-19(4)12-6-11-18(2,3)16(19)9-13-20(17,5)22/h10,14,16-17,22H,6-9,11-13H2,1-5H3/b15-10-/t16?,17-,19+,20+/m1/s1. The maximum absolute atomic E-state index is 11.1. The average molecular weight is 306 g/mol. The topological polar surface area (TPSA) is 37.3 Å². The average Bonchev–Trinajstić information content (AvgIpc) is 2.36. The van der Waals surface area contributed by atoms with Crippen LogP contribution in [0.3, 0.4) is 0 Å². The zero-order chi connectivity index (χ0) is 16.6. The molecule has 0 aromatic heterocycles. The minimum Gasteiger partial charge on any atom is -0.390 e. The molecule has 2 saturated carbocycles. The molecule has 0 heterocycles. The third-order valence-corrected chi connectivity index (χ3v) is 6.94. The van der Waals surface area contributed by atoms with E-state index < -0.39 is 5.60 Å². The second-order valence-electron chi connectivity index (χ2n) is 9.04. The Labute approximate surface area is 136 Å². The molecule has 126 valence electrons. The number of carbonyl (C=O) groups excluding carboxylic acids is 1. The van der Waals surface area contributed by atoms with Crippen LogP contribution in [0.2, 0.25) is 0 Å². The summed E-state index contributed by atoms with van der Waals surface area (Å²) >= 11 is 0. The molecule has 2 fully saturated rings. The van der Waals surface area contributed by atoms with Crippen LogP contribution in [-0.4, -0.2) is 17.0 Å². The Morgan fingerprint density at radius 2 is 1.86 bits per heavy atom. The van der Waals surface area contributed by atoms with E-state index in [9.17, 15) is 9.90 Å². The number of allylic oxidation sites excluding steroid dienone is 2. The van der Waals surface area contributed by atoms with Crippen LogP contribution in [0.1, 0.15) is 79.6 Å². The van der Waals surface area contributed by atoms with Crippen molar-refractivity contribution in [1.82, 2.24) is 0 Å². The van der Waals surface area contributed by atoms with Crippen LogP contribution in [0.25, 0.3) is 0 Å². The van der Waals surface area contributed by atoms with Gasteiger partial charge in [-0.1, -0.05) is 32.8 Å². The highest BCUT2D eigenvalue weighted by atomic mass is 16.3. The lowest BCUT2D eigenvalue weighted by Gasteiger charge is -2.61. The lowest BCUT2D eigenvalue weighted by Crippen LogP contribution is -2.57. The van der Waals surface area contributed by atoms with E-state index in [1.165, 1.54) is 19.3 Å². The third kappa shape index (κ3) is 3.18. The van der Waals surface area contributed by atoms with Crippen molar-refractivity contribution in [3.63, 3.8) is 0 Å². The molecule has 0 bridgehead atoms. The first-order chi connectivity index (χ1) is 10.1. The summed E-state index contributed by atoms with van der Waals surface area (Å²) in [6.45, 7) is 11.3. The van der Waals surface area contributed by atoms with Crippen molar-refractivity contribution in [3.05, 3.63) is 11.6 Å². The van der Waals surface area contributed by atoms with Gasteiger partial charge in [-0.15, -0.1) is 0 Å². The van der Waals surface area contributed by atoms with E-state index in [4.69, 9.17) is 0 Å². The summed E-state index contributed by atoms with van der Waals surface area (Å²) in [5, 5.41) is 11.1. The number of hydrogen-bond donors (Lipinski definition) is 1. The van der Waals surface area contributed by atoms with Gasteiger partial charge in [-0.2, -0.15) is 0 Å². The van der Waals surface area contributed by atoms with Crippen LogP contribution in [-0.2, 0) is 4.79 Å². The highest BCUT2D eigenvalue weighted by molar-refractivity contribution is 5.65. The Balaban J connectivity index is 2.26. The van der Waals surface area contributed by atoms with Crippen LogP contribution in [0, 0.1) is 22.7 Å². The van der Waals surface area contributed by atoms with Crippen molar-refractivity contribution < 1.29 is 9.90 Å². The first-order valence-corrected chi connectivity index (χ1v) is 8.97. The fourth-order valence-corrected chi connectivity index (χ4v) is 5.84. The molecule has 0 aromatic carbocycles. The Kier molecular flexibility index (Phi) is 4.92. The molecule has 2 rings (SSSR count). The van der Waals surface area contributed by atoms with Crippen molar-refractivity contribution in [1.29, 1.82) is 0 Å². The van der Waals surface area contributed by atoms with Gasteiger partial charge in [-0.05, 0) is 81.1 Å². The monoisotopic (exact) mass is 306 g/mol. The zero-order valence-corrected chi connectivity index (χ0v) is 15.1. The largest absolute Gasteiger partial charge is 0.390 e. The smallest absolute Gasteiger partial charge is 0.142 e. The molecule has 0 aliphatic heterocycles. The second-order valence-corrected chi connectivity index (χ2v) is 9.04. The Bertz CT molecular complexity index is 447. The predicted molar refractivity (Wildman–Crippen MR) is 91.6 cm³/mol. The summed E-state index contributed by atoms with van der Waals surface area (Å²) in [6, 6.07) is 0. The lowest BCUT2D eigenvalue weighted by molar-refractivity contribution is -0.168. The van der Waals surface area contributed by atoms with Gasteiger partial charge in [0, 0.05) is 0 Å². The highest BCUT2D eigenvalue weighted by Crippen LogP contribution is 2.62. The Morgan fingerprint density at radius 3 is 2.50 bits per heavy atom. The van der Waals surface area contributed by atoms with Gasteiger partial charge in [-0.3, -0.25) is 4.79 Å². The maximum Gasteiger partial charge on any atom is 0.142 e. The molecule has 0 aromatic rings. The van der Waals surface area contributed by atoms with Gasteiger partial charge < -0.3 is 5.11 Å². The molecule has 2 aliphatic carbocycles. The number of aliphatic hydroxyl groups is 1. The number of carbonyl (C=O) groups is 1. The molecule has 0 amide bonds. The van der Waals surface area contributed by atoms with Crippen LogP contribution < -0.4 is 0 Å². The molecule has 2 nitrogen and oxygen atoms in total. The maximum atomic E-state index is 11.1. The fraction of sp³-hybridized carbons (Fsp3) is 0.850. The van der Waals surface area contributed by atoms with Gasteiger partial charge in [0.1, 0.15) is 6.29 Å². The van der Waals surface area contributed by atoms with E-state index in [1.807, 2.05) is 13.8 Å². The summed E-state index contributed by atoms with van der Waals surface area (Å²) in [4.78, 5) is 10.6. The van der Waals surface area contributed by atoms with Gasteiger partial charge in [0.2, 0.25) is 0 Å². The molecule has 1 N–H and O–H groups in total. The molecule has 2 aliphatic rings. The quantitative estimate of drug-likeness (QED) is 0.592. The Morgan fingerprint density at radius 1 is 1.18 bits per heavy atom. The SMILES string of the molecule is C/C(=C/C=O)CC[C@H]1[C@@](C)(O)CCC2C(C)(C)CCC[C@@]21C. The van der Waals surface area contributed by atoms with E-state index in [-0.39, 0.29) is 5.41 Å².